The second-order valence-corrected chi connectivity index (χ2v) is 7.08. The fourth-order valence-electron chi connectivity index (χ4n) is 3.57. The molecule has 6 nitrogen and oxygen atoms in total. The van der Waals surface area contributed by atoms with Gasteiger partial charge in [-0.3, -0.25) is 10.1 Å². The molecule has 0 radical (unpaired) electrons. The molecule has 0 saturated carbocycles. The van der Waals surface area contributed by atoms with Gasteiger partial charge in [-0.2, -0.15) is 0 Å². The highest BCUT2D eigenvalue weighted by molar-refractivity contribution is 5.85. The number of fused-ring (bicyclic) bond motifs is 1. The maximum atomic E-state index is 12.7. The number of nitrogens with zero attached hydrogens (tertiary/aromatic N) is 2. The van der Waals surface area contributed by atoms with Crippen molar-refractivity contribution in [1.82, 2.24) is 4.90 Å². The minimum Gasteiger partial charge on any atom is -0.444 e. The maximum Gasteiger partial charge on any atom is 0.332 e. The summed E-state index contributed by atoms with van der Waals surface area (Å²) in [5.41, 5.74) is -0.147. The molecular weight excluding hydrogens is 284 g/mol. The molecule has 0 bridgehead atoms. The van der Waals surface area contributed by atoms with Crippen molar-refractivity contribution in [1.29, 1.82) is 0 Å². The van der Waals surface area contributed by atoms with Gasteiger partial charge in [0.2, 0.25) is 0 Å². The van der Waals surface area contributed by atoms with E-state index in [1.54, 1.807) is 12.1 Å². The lowest BCUT2D eigenvalue weighted by molar-refractivity contribution is -0.384. The second-order valence-electron chi connectivity index (χ2n) is 7.08. The Morgan fingerprint density at radius 2 is 1.95 bits per heavy atom. The second kappa shape index (κ2) is 4.78. The van der Waals surface area contributed by atoms with Gasteiger partial charge >= 0.3 is 5.97 Å². The molecule has 0 aliphatic carbocycles. The third-order valence-electron chi connectivity index (χ3n) is 4.56. The van der Waals surface area contributed by atoms with Crippen LogP contribution in [0.3, 0.4) is 0 Å². The summed E-state index contributed by atoms with van der Waals surface area (Å²) in [6.45, 7) is 6.95. The van der Waals surface area contributed by atoms with Crippen LogP contribution in [0.15, 0.2) is 24.3 Å². The molecule has 0 amide bonds. The van der Waals surface area contributed by atoms with Crippen LogP contribution in [0.4, 0.5) is 5.69 Å². The minimum atomic E-state index is -0.785. The number of ether oxygens (including phenoxy) is 1. The highest BCUT2D eigenvalue weighted by Gasteiger charge is 2.61. The van der Waals surface area contributed by atoms with E-state index in [9.17, 15) is 14.9 Å². The van der Waals surface area contributed by atoms with Crippen molar-refractivity contribution in [3.05, 3.63) is 39.9 Å². The number of benzene rings is 1. The minimum absolute atomic E-state index is 0.0310. The molecule has 2 saturated heterocycles. The van der Waals surface area contributed by atoms with Crippen LogP contribution in [0.2, 0.25) is 0 Å². The van der Waals surface area contributed by atoms with Crippen molar-refractivity contribution in [2.45, 2.75) is 45.4 Å². The monoisotopic (exact) mass is 304 g/mol. The van der Waals surface area contributed by atoms with E-state index in [-0.39, 0.29) is 23.3 Å². The van der Waals surface area contributed by atoms with Crippen LogP contribution >= 0.6 is 0 Å². The van der Waals surface area contributed by atoms with Gasteiger partial charge in [0.15, 0.2) is 6.23 Å². The summed E-state index contributed by atoms with van der Waals surface area (Å²) >= 11 is 0. The zero-order valence-corrected chi connectivity index (χ0v) is 13.0. The van der Waals surface area contributed by atoms with Gasteiger partial charge in [-0.15, -0.1) is 0 Å². The first-order valence-corrected chi connectivity index (χ1v) is 7.49. The number of non-ortho nitro benzene ring substituents is 1. The lowest BCUT2D eigenvalue weighted by Crippen LogP contribution is -2.47. The average Bonchev–Trinajstić information content (AvgIpc) is 2.98. The summed E-state index contributed by atoms with van der Waals surface area (Å²) in [6.07, 6.45) is 1.34. The molecule has 0 unspecified atom stereocenters. The summed E-state index contributed by atoms with van der Waals surface area (Å²) in [4.78, 5) is 25.2. The molecule has 0 aromatic heterocycles. The van der Waals surface area contributed by atoms with Gasteiger partial charge < -0.3 is 4.74 Å². The predicted molar refractivity (Wildman–Crippen MR) is 80.0 cm³/mol. The Bertz CT molecular complexity index is 620. The number of carbonyl (C=O) groups excluding carboxylic acids is 1. The molecule has 22 heavy (non-hydrogen) atoms. The molecule has 2 aliphatic rings. The lowest BCUT2D eigenvalue weighted by atomic mass is 9.86. The van der Waals surface area contributed by atoms with Gasteiger partial charge in [-0.25, -0.2) is 9.69 Å². The molecule has 0 spiro atoms. The highest BCUT2D eigenvalue weighted by atomic mass is 16.6. The van der Waals surface area contributed by atoms with E-state index in [0.29, 0.717) is 6.42 Å². The number of cyclic esters (lactones) is 1. The molecule has 1 aromatic carbocycles. The molecule has 0 N–H and O–H groups in total. The average molecular weight is 304 g/mol. The van der Waals surface area contributed by atoms with Crippen LogP contribution in [-0.4, -0.2) is 28.6 Å². The van der Waals surface area contributed by atoms with Crippen molar-refractivity contribution < 1.29 is 14.5 Å². The molecule has 2 aliphatic heterocycles. The Morgan fingerprint density at radius 3 is 2.50 bits per heavy atom. The normalized spacial score (nSPS) is 28.5. The zero-order chi connectivity index (χ0) is 16.1. The van der Waals surface area contributed by atoms with Gasteiger partial charge in [0, 0.05) is 24.1 Å². The maximum absolute atomic E-state index is 12.7. The van der Waals surface area contributed by atoms with E-state index in [4.69, 9.17) is 4.74 Å². The van der Waals surface area contributed by atoms with Crippen LogP contribution in [0.1, 0.15) is 39.2 Å². The molecule has 2 atom stereocenters. The lowest BCUT2D eigenvalue weighted by Gasteiger charge is -2.35. The number of carbonyl (C=O) groups is 1. The molecule has 118 valence electrons. The number of nitro groups is 1. The zero-order valence-electron chi connectivity index (χ0n) is 13.0. The SMILES string of the molecule is CC(C)(C)[C@@H]1OC(=O)[C@@]2(c3ccc([N+](=O)[O-])cc3)CCCN12. The topological polar surface area (TPSA) is 72.7 Å². The number of nitro benzene ring substituents is 1. The van der Waals surface area contributed by atoms with Gasteiger partial charge in [0.25, 0.3) is 5.69 Å². The highest BCUT2D eigenvalue weighted by Crippen LogP contribution is 2.49. The number of esters is 1. The summed E-state index contributed by atoms with van der Waals surface area (Å²) in [7, 11) is 0. The van der Waals surface area contributed by atoms with Crippen LogP contribution in [-0.2, 0) is 15.1 Å². The van der Waals surface area contributed by atoms with Crippen molar-refractivity contribution in [2.24, 2.45) is 5.41 Å². The number of rotatable bonds is 2. The van der Waals surface area contributed by atoms with Gasteiger partial charge in [-0.1, -0.05) is 20.8 Å². The first kappa shape index (κ1) is 15.0. The first-order chi connectivity index (χ1) is 10.3. The summed E-state index contributed by atoms with van der Waals surface area (Å²) in [5, 5.41) is 10.8. The first-order valence-electron chi connectivity index (χ1n) is 7.49. The molecule has 2 fully saturated rings. The van der Waals surface area contributed by atoms with Crippen LogP contribution in [0, 0.1) is 15.5 Å². The van der Waals surface area contributed by atoms with Gasteiger partial charge in [0.05, 0.1) is 4.92 Å². The van der Waals surface area contributed by atoms with Gasteiger partial charge in [0.1, 0.15) is 5.54 Å². The Balaban J connectivity index is 2.03. The Kier molecular flexibility index (Phi) is 3.25. The quantitative estimate of drug-likeness (QED) is 0.477. The summed E-state index contributed by atoms with van der Waals surface area (Å²) in [6, 6.07) is 6.28. The Morgan fingerprint density at radius 1 is 1.32 bits per heavy atom. The molecule has 1 aromatic rings. The van der Waals surface area contributed by atoms with E-state index in [0.717, 1.165) is 18.5 Å². The molecule has 6 heteroatoms. The predicted octanol–water partition coefficient (Wildman–Crippen LogP) is 2.81. The van der Waals surface area contributed by atoms with Crippen molar-refractivity contribution in [2.75, 3.05) is 6.54 Å². The molecule has 3 rings (SSSR count). The summed E-state index contributed by atoms with van der Waals surface area (Å²) in [5.74, 6) is -0.237. The van der Waals surface area contributed by atoms with Crippen LogP contribution in [0.25, 0.3) is 0 Å². The fraction of sp³-hybridized carbons (Fsp3) is 0.562. The summed E-state index contributed by atoms with van der Waals surface area (Å²) < 4.78 is 5.68. The molecular formula is C16H20N2O4. The van der Waals surface area contributed by atoms with E-state index in [1.165, 1.54) is 12.1 Å². The van der Waals surface area contributed by atoms with Crippen LogP contribution < -0.4 is 0 Å². The van der Waals surface area contributed by atoms with Crippen molar-refractivity contribution in [3.63, 3.8) is 0 Å². The van der Waals surface area contributed by atoms with Crippen molar-refractivity contribution in [3.8, 4) is 0 Å². The van der Waals surface area contributed by atoms with E-state index in [2.05, 4.69) is 25.7 Å². The largest absolute Gasteiger partial charge is 0.444 e. The Labute approximate surface area is 129 Å². The van der Waals surface area contributed by atoms with E-state index in [1.807, 2.05) is 0 Å². The van der Waals surface area contributed by atoms with Crippen molar-refractivity contribution >= 4 is 11.7 Å². The third-order valence-corrected chi connectivity index (χ3v) is 4.56. The number of hydrogen-bond donors (Lipinski definition) is 0. The smallest absolute Gasteiger partial charge is 0.332 e. The van der Waals surface area contributed by atoms with Crippen LogP contribution in [0.5, 0.6) is 0 Å². The standard InChI is InChI=1S/C16H20N2O4/c1-15(2,3)13-17-10-4-9-16(17,14(19)22-13)11-5-7-12(8-6-11)18(20)21/h5-8,13H,4,9-10H2,1-3H3/t13-,16-/m0/s1. The van der Waals surface area contributed by atoms with E-state index >= 15 is 0 Å². The Hall–Kier alpha value is -1.95. The fourth-order valence-corrected chi connectivity index (χ4v) is 3.57. The van der Waals surface area contributed by atoms with E-state index < -0.39 is 10.5 Å². The number of hydrogen-bond acceptors (Lipinski definition) is 5. The van der Waals surface area contributed by atoms with Gasteiger partial charge in [-0.05, 0) is 30.5 Å². The molecule has 2 heterocycles. The third kappa shape index (κ3) is 2.01.